The third-order valence-electron chi connectivity index (χ3n) is 2.60. The van der Waals surface area contributed by atoms with Crippen molar-refractivity contribution in [3.63, 3.8) is 0 Å². The van der Waals surface area contributed by atoms with Crippen LogP contribution >= 0.6 is 11.3 Å². The van der Waals surface area contributed by atoms with Gasteiger partial charge in [-0.2, -0.15) is 0 Å². The number of ether oxygens (including phenoxy) is 1. The van der Waals surface area contributed by atoms with Gasteiger partial charge in [0.15, 0.2) is 9.84 Å². The molecule has 5 nitrogen and oxygen atoms in total. The topological polar surface area (TPSA) is 68.3 Å². The highest BCUT2D eigenvalue weighted by Gasteiger charge is 2.16. The van der Waals surface area contributed by atoms with Crippen LogP contribution in [0.5, 0.6) is 0 Å². The lowest BCUT2D eigenvalue weighted by molar-refractivity contribution is 0.181. The van der Waals surface area contributed by atoms with Crippen molar-refractivity contribution in [2.24, 2.45) is 0 Å². The highest BCUT2D eigenvalue weighted by Crippen LogP contribution is 2.21. The Morgan fingerprint density at radius 2 is 2.11 bits per heavy atom. The average Bonchev–Trinajstić information content (AvgIpc) is 2.72. The van der Waals surface area contributed by atoms with Crippen molar-refractivity contribution in [3.8, 4) is 0 Å². The number of aromatic nitrogens is 1. The van der Waals surface area contributed by atoms with Crippen LogP contribution in [0.25, 0.3) is 0 Å². The summed E-state index contributed by atoms with van der Waals surface area (Å²) in [6.45, 7) is 5.84. The second-order valence-electron chi connectivity index (χ2n) is 4.26. The molecule has 1 rings (SSSR count). The number of sulfone groups is 1. The Labute approximate surface area is 119 Å². The standard InChI is InChI=1S/C12H22N2O3S2/c1-4-6-13-7-11-10(8-17-3)14-12(18-11)9-19(15,16)5-2/h13H,4-9H2,1-3H3. The molecule has 19 heavy (non-hydrogen) atoms. The van der Waals surface area contributed by atoms with Gasteiger partial charge in [-0.15, -0.1) is 11.3 Å². The van der Waals surface area contributed by atoms with Gasteiger partial charge in [0.2, 0.25) is 0 Å². The van der Waals surface area contributed by atoms with Crippen LogP contribution in [-0.4, -0.2) is 32.8 Å². The van der Waals surface area contributed by atoms with E-state index in [-0.39, 0.29) is 11.5 Å². The molecular weight excluding hydrogens is 284 g/mol. The summed E-state index contributed by atoms with van der Waals surface area (Å²) in [6, 6.07) is 0. The summed E-state index contributed by atoms with van der Waals surface area (Å²) >= 11 is 1.46. The van der Waals surface area contributed by atoms with Crippen LogP contribution < -0.4 is 5.32 Å². The van der Waals surface area contributed by atoms with Gasteiger partial charge in [-0.05, 0) is 13.0 Å². The Morgan fingerprint density at radius 3 is 2.68 bits per heavy atom. The molecule has 0 fully saturated rings. The van der Waals surface area contributed by atoms with Crippen molar-refractivity contribution in [1.29, 1.82) is 0 Å². The van der Waals surface area contributed by atoms with Crippen molar-refractivity contribution in [2.75, 3.05) is 19.4 Å². The van der Waals surface area contributed by atoms with Gasteiger partial charge < -0.3 is 10.1 Å². The van der Waals surface area contributed by atoms with Gasteiger partial charge in [-0.3, -0.25) is 0 Å². The van der Waals surface area contributed by atoms with E-state index < -0.39 is 9.84 Å². The van der Waals surface area contributed by atoms with Gasteiger partial charge in [0.1, 0.15) is 10.8 Å². The average molecular weight is 306 g/mol. The van der Waals surface area contributed by atoms with E-state index in [9.17, 15) is 8.42 Å². The van der Waals surface area contributed by atoms with E-state index in [0.717, 1.165) is 30.1 Å². The van der Waals surface area contributed by atoms with Gasteiger partial charge >= 0.3 is 0 Å². The largest absolute Gasteiger partial charge is 0.378 e. The second-order valence-corrected chi connectivity index (χ2v) is 7.79. The Kier molecular flexibility index (Phi) is 6.92. The van der Waals surface area contributed by atoms with Gasteiger partial charge in [0.25, 0.3) is 0 Å². The van der Waals surface area contributed by atoms with Crippen LogP contribution in [0.15, 0.2) is 0 Å². The van der Waals surface area contributed by atoms with Crippen molar-refractivity contribution in [2.45, 2.75) is 39.2 Å². The van der Waals surface area contributed by atoms with Crippen LogP contribution in [-0.2, 0) is 33.5 Å². The van der Waals surface area contributed by atoms with E-state index >= 15 is 0 Å². The van der Waals surface area contributed by atoms with Crippen LogP contribution in [0, 0.1) is 0 Å². The molecule has 110 valence electrons. The van der Waals surface area contributed by atoms with E-state index in [1.54, 1.807) is 14.0 Å². The van der Waals surface area contributed by atoms with E-state index in [4.69, 9.17) is 4.74 Å². The monoisotopic (exact) mass is 306 g/mol. The molecule has 0 unspecified atom stereocenters. The highest BCUT2D eigenvalue weighted by molar-refractivity contribution is 7.90. The first-order chi connectivity index (χ1) is 9.02. The van der Waals surface area contributed by atoms with E-state index in [2.05, 4.69) is 17.2 Å². The van der Waals surface area contributed by atoms with Gasteiger partial charge in [-0.25, -0.2) is 13.4 Å². The zero-order valence-corrected chi connectivity index (χ0v) is 13.4. The lowest BCUT2D eigenvalue weighted by atomic mass is 10.3. The zero-order chi connectivity index (χ0) is 14.3. The maximum absolute atomic E-state index is 11.6. The zero-order valence-electron chi connectivity index (χ0n) is 11.7. The predicted octanol–water partition coefficient (Wildman–Crippen LogP) is 1.72. The molecule has 7 heteroatoms. The number of rotatable bonds is 9. The molecule has 0 radical (unpaired) electrons. The molecule has 1 N–H and O–H groups in total. The molecule has 0 aliphatic carbocycles. The van der Waals surface area contributed by atoms with E-state index in [0.29, 0.717) is 11.6 Å². The molecule has 0 saturated carbocycles. The third kappa shape index (κ3) is 5.56. The van der Waals surface area contributed by atoms with Gasteiger partial charge in [-0.1, -0.05) is 13.8 Å². The van der Waals surface area contributed by atoms with Crippen LogP contribution in [0.4, 0.5) is 0 Å². The number of hydrogen-bond donors (Lipinski definition) is 1. The summed E-state index contributed by atoms with van der Waals surface area (Å²) in [5, 5.41) is 3.96. The van der Waals surface area contributed by atoms with Gasteiger partial charge in [0.05, 0.1) is 12.3 Å². The molecule has 1 aromatic heterocycles. The summed E-state index contributed by atoms with van der Waals surface area (Å²) in [5.74, 6) is 0.175. The predicted molar refractivity (Wildman–Crippen MR) is 78.0 cm³/mol. The molecule has 0 aromatic carbocycles. The fourth-order valence-corrected chi connectivity index (χ4v) is 3.81. The normalized spacial score (nSPS) is 11.9. The lowest BCUT2D eigenvalue weighted by Crippen LogP contribution is -2.14. The Balaban J connectivity index is 2.81. The van der Waals surface area contributed by atoms with Gasteiger partial charge in [0, 0.05) is 24.3 Å². The molecule has 0 bridgehead atoms. The maximum Gasteiger partial charge on any atom is 0.156 e. The molecule has 0 spiro atoms. The Bertz CT molecular complexity index is 483. The summed E-state index contributed by atoms with van der Waals surface area (Å²) < 4.78 is 28.4. The molecule has 0 saturated heterocycles. The van der Waals surface area contributed by atoms with Crippen LogP contribution in [0.2, 0.25) is 0 Å². The highest BCUT2D eigenvalue weighted by atomic mass is 32.2. The van der Waals surface area contributed by atoms with E-state index in [1.165, 1.54) is 11.3 Å². The molecule has 0 aliphatic heterocycles. The van der Waals surface area contributed by atoms with Crippen molar-refractivity contribution >= 4 is 21.2 Å². The SMILES string of the molecule is CCCNCc1sc(CS(=O)(=O)CC)nc1COC. The Hall–Kier alpha value is -0.500. The summed E-state index contributed by atoms with van der Waals surface area (Å²) in [4.78, 5) is 5.45. The second kappa shape index (κ2) is 7.94. The number of nitrogens with zero attached hydrogens (tertiary/aromatic N) is 1. The summed E-state index contributed by atoms with van der Waals surface area (Å²) in [5.41, 5.74) is 0.845. The number of thiazole rings is 1. The quantitative estimate of drug-likeness (QED) is 0.704. The number of methoxy groups -OCH3 is 1. The minimum atomic E-state index is -3.03. The summed E-state index contributed by atoms with van der Waals surface area (Å²) in [6.07, 6.45) is 1.06. The molecule has 0 aliphatic rings. The first-order valence-electron chi connectivity index (χ1n) is 6.40. The molecule has 1 aromatic rings. The van der Waals surface area contributed by atoms with Crippen molar-refractivity contribution < 1.29 is 13.2 Å². The maximum atomic E-state index is 11.6. The fourth-order valence-electron chi connectivity index (χ4n) is 1.56. The Morgan fingerprint density at radius 1 is 1.37 bits per heavy atom. The number of hydrogen-bond acceptors (Lipinski definition) is 6. The first kappa shape index (κ1) is 16.6. The minimum Gasteiger partial charge on any atom is -0.378 e. The smallest absolute Gasteiger partial charge is 0.156 e. The van der Waals surface area contributed by atoms with Crippen LogP contribution in [0.1, 0.15) is 35.8 Å². The molecule has 0 amide bonds. The van der Waals surface area contributed by atoms with Crippen molar-refractivity contribution in [3.05, 3.63) is 15.6 Å². The van der Waals surface area contributed by atoms with Crippen LogP contribution in [0.3, 0.4) is 0 Å². The lowest BCUT2D eigenvalue weighted by Gasteiger charge is -2.02. The molecule has 1 heterocycles. The first-order valence-corrected chi connectivity index (χ1v) is 9.03. The number of nitrogens with one attached hydrogen (secondary N) is 1. The molecule has 0 atom stereocenters. The minimum absolute atomic E-state index is 0.0264. The fraction of sp³-hybridized carbons (Fsp3) is 0.750. The van der Waals surface area contributed by atoms with E-state index in [1.807, 2.05) is 0 Å². The van der Waals surface area contributed by atoms with Crippen molar-refractivity contribution in [1.82, 2.24) is 10.3 Å². The summed E-state index contributed by atoms with van der Waals surface area (Å²) in [7, 11) is -1.41. The molecular formula is C12H22N2O3S2. The third-order valence-corrected chi connectivity index (χ3v) is 5.47.